The Morgan fingerprint density at radius 2 is 1.83 bits per heavy atom. The van der Waals surface area contributed by atoms with Crippen molar-refractivity contribution in [3.05, 3.63) is 35.4 Å². The van der Waals surface area contributed by atoms with Gasteiger partial charge < -0.3 is 11.1 Å². The van der Waals surface area contributed by atoms with Crippen LogP contribution in [0.2, 0.25) is 0 Å². The van der Waals surface area contributed by atoms with Crippen molar-refractivity contribution in [2.45, 2.75) is 46.7 Å². The number of nitrogens with one attached hydrogen (secondary N) is 1. The molecule has 0 aliphatic rings. The Morgan fingerprint density at radius 3 is 2.33 bits per heavy atom. The maximum atomic E-state index is 12.0. The van der Waals surface area contributed by atoms with Crippen molar-refractivity contribution in [2.24, 2.45) is 11.1 Å². The summed E-state index contributed by atoms with van der Waals surface area (Å²) < 4.78 is 0. The molecular weight excluding hydrogens is 224 g/mol. The second kappa shape index (κ2) is 6.01. The van der Waals surface area contributed by atoms with Gasteiger partial charge in [-0.25, -0.2) is 0 Å². The van der Waals surface area contributed by atoms with Crippen LogP contribution in [-0.2, 0) is 17.8 Å². The summed E-state index contributed by atoms with van der Waals surface area (Å²) in [6.07, 6.45) is 0.397. The van der Waals surface area contributed by atoms with Gasteiger partial charge in [0.05, 0.1) is 6.42 Å². The predicted molar refractivity (Wildman–Crippen MR) is 75.1 cm³/mol. The first-order chi connectivity index (χ1) is 8.34. The van der Waals surface area contributed by atoms with Gasteiger partial charge >= 0.3 is 0 Å². The van der Waals surface area contributed by atoms with Gasteiger partial charge in [-0.15, -0.1) is 0 Å². The number of rotatable bonds is 4. The zero-order chi connectivity index (χ0) is 13.8. The van der Waals surface area contributed by atoms with Crippen molar-refractivity contribution >= 4 is 5.91 Å². The SMILES string of the molecule is CC(NC(=O)Cc1ccccc1CN)C(C)(C)C. The van der Waals surface area contributed by atoms with Crippen LogP contribution in [0.3, 0.4) is 0 Å². The molecular formula is C15H24N2O. The molecule has 1 unspecified atom stereocenters. The first-order valence-electron chi connectivity index (χ1n) is 6.41. The molecule has 0 aromatic heterocycles. The molecule has 0 aliphatic carbocycles. The Morgan fingerprint density at radius 1 is 1.28 bits per heavy atom. The highest BCUT2D eigenvalue weighted by Crippen LogP contribution is 2.18. The summed E-state index contributed by atoms with van der Waals surface area (Å²) in [5.74, 6) is 0.0540. The van der Waals surface area contributed by atoms with Crippen molar-refractivity contribution in [1.82, 2.24) is 5.32 Å². The summed E-state index contributed by atoms with van der Waals surface area (Å²) in [6, 6.07) is 7.96. The molecule has 18 heavy (non-hydrogen) atoms. The van der Waals surface area contributed by atoms with Crippen LogP contribution in [-0.4, -0.2) is 11.9 Å². The lowest BCUT2D eigenvalue weighted by atomic mass is 9.88. The Kier molecular flexibility index (Phi) is 4.91. The van der Waals surface area contributed by atoms with Crippen molar-refractivity contribution in [3.8, 4) is 0 Å². The molecule has 0 saturated carbocycles. The quantitative estimate of drug-likeness (QED) is 0.858. The molecule has 0 spiro atoms. The lowest BCUT2D eigenvalue weighted by molar-refractivity contribution is -0.121. The van der Waals surface area contributed by atoms with Crippen molar-refractivity contribution in [2.75, 3.05) is 0 Å². The molecule has 0 saturated heterocycles. The Labute approximate surface area is 110 Å². The Hall–Kier alpha value is -1.35. The number of hydrogen-bond acceptors (Lipinski definition) is 2. The average Bonchev–Trinajstić information content (AvgIpc) is 2.28. The Balaban J connectivity index is 2.65. The summed E-state index contributed by atoms with van der Waals surface area (Å²) in [5.41, 5.74) is 7.79. The van der Waals surface area contributed by atoms with Gasteiger partial charge in [-0.05, 0) is 23.5 Å². The molecule has 1 aromatic rings. The molecule has 100 valence electrons. The molecule has 0 aliphatic heterocycles. The summed E-state index contributed by atoms with van der Waals surface area (Å²) in [4.78, 5) is 12.0. The number of amides is 1. The van der Waals surface area contributed by atoms with E-state index in [4.69, 9.17) is 5.73 Å². The van der Waals surface area contributed by atoms with Gasteiger partial charge in [0, 0.05) is 12.6 Å². The first-order valence-corrected chi connectivity index (χ1v) is 6.41. The molecule has 1 rings (SSSR count). The summed E-state index contributed by atoms with van der Waals surface area (Å²) in [6.45, 7) is 8.86. The van der Waals surface area contributed by atoms with Gasteiger partial charge in [0.2, 0.25) is 5.91 Å². The van der Waals surface area contributed by atoms with E-state index in [1.54, 1.807) is 0 Å². The molecule has 0 fully saturated rings. The highest BCUT2D eigenvalue weighted by atomic mass is 16.1. The minimum absolute atomic E-state index is 0.0540. The van der Waals surface area contributed by atoms with Gasteiger partial charge in [0.25, 0.3) is 0 Å². The van der Waals surface area contributed by atoms with E-state index in [0.29, 0.717) is 13.0 Å². The van der Waals surface area contributed by atoms with Gasteiger partial charge in [0.15, 0.2) is 0 Å². The van der Waals surface area contributed by atoms with Gasteiger partial charge in [-0.3, -0.25) is 4.79 Å². The molecule has 3 N–H and O–H groups in total. The van der Waals surface area contributed by atoms with Gasteiger partial charge in [0.1, 0.15) is 0 Å². The van der Waals surface area contributed by atoms with Crippen molar-refractivity contribution in [1.29, 1.82) is 0 Å². The molecule has 1 amide bonds. The minimum Gasteiger partial charge on any atom is -0.353 e. The number of carbonyl (C=O) groups is 1. The summed E-state index contributed by atoms with van der Waals surface area (Å²) in [5, 5.41) is 3.04. The van der Waals surface area contributed by atoms with E-state index in [1.165, 1.54) is 0 Å². The fourth-order valence-corrected chi connectivity index (χ4v) is 1.61. The third kappa shape index (κ3) is 4.15. The van der Waals surface area contributed by atoms with Crippen LogP contribution in [0.25, 0.3) is 0 Å². The fraction of sp³-hybridized carbons (Fsp3) is 0.533. The largest absolute Gasteiger partial charge is 0.353 e. The van der Waals surface area contributed by atoms with Crippen LogP contribution in [0.1, 0.15) is 38.8 Å². The number of benzene rings is 1. The second-order valence-electron chi connectivity index (χ2n) is 5.80. The number of hydrogen-bond donors (Lipinski definition) is 2. The molecule has 1 atom stereocenters. The maximum absolute atomic E-state index is 12.0. The molecule has 1 aromatic carbocycles. The minimum atomic E-state index is 0.0540. The van der Waals surface area contributed by atoms with Crippen LogP contribution in [0.5, 0.6) is 0 Å². The summed E-state index contributed by atoms with van der Waals surface area (Å²) >= 11 is 0. The van der Waals surface area contributed by atoms with E-state index in [1.807, 2.05) is 31.2 Å². The highest BCUT2D eigenvalue weighted by Gasteiger charge is 2.21. The third-order valence-electron chi connectivity index (χ3n) is 3.37. The van der Waals surface area contributed by atoms with E-state index in [-0.39, 0.29) is 17.4 Å². The van der Waals surface area contributed by atoms with E-state index < -0.39 is 0 Å². The van der Waals surface area contributed by atoms with E-state index in [0.717, 1.165) is 11.1 Å². The molecule has 3 nitrogen and oxygen atoms in total. The van der Waals surface area contributed by atoms with Crippen LogP contribution in [0.4, 0.5) is 0 Å². The topological polar surface area (TPSA) is 55.1 Å². The maximum Gasteiger partial charge on any atom is 0.224 e. The molecule has 0 heterocycles. The van der Waals surface area contributed by atoms with Crippen LogP contribution < -0.4 is 11.1 Å². The molecule has 3 heteroatoms. The van der Waals surface area contributed by atoms with Gasteiger partial charge in [-0.2, -0.15) is 0 Å². The highest BCUT2D eigenvalue weighted by molar-refractivity contribution is 5.79. The normalized spacial score (nSPS) is 13.2. The van der Waals surface area contributed by atoms with Crippen LogP contribution >= 0.6 is 0 Å². The summed E-state index contributed by atoms with van der Waals surface area (Å²) in [7, 11) is 0. The molecule has 0 bridgehead atoms. The second-order valence-corrected chi connectivity index (χ2v) is 5.80. The lowest BCUT2D eigenvalue weighted by Gasteiger charge is -2.28. The van der Waals surface area contributed by atoms with Gasteiger partial charge in [-0.1, -0.05) is 45.0 Å². The number of nitrogens with two attached hydrogens (primary N) is 1. The van der Waals surface area contributed by atoms with Crippen LogP contribution in [0, 0.1) is 5.41 Å². The fourth-order valence-electron chi connectivity index (χ4n) is 1.61. The Bertz CT molecular complexity index is 407. The van der Waals surface area contributed by atoms with E-state index >= 15 is 0 Å². The van der Waals surface area contributed by atoms with E-state index in [2.05, 4.69) is 26.1 Å². The zero-order valence-electron chi connectivity index (χ0n) is 11.8. The van der Waals surface area contributed by atoms with E-state index in [9.17, 15) is 4.79 Å². The van der Waals surface area contributed by atoms with Crippen molar-refractivity contribution < 1.29 is 4.79 Å². The van der Waals surface area contributed by atoms with Crippen LogP contribution in [0.15, 0.2) is 24.3 Å². The monoisotopic (exact) mass is 248 g/mol. The average molecular weight is 248 g/mol. The lowest BCUT2D eigenvalue weighted by Crippen LogP contribution is -2.42. The number of carbonyl (C=O) groups excluding carboxylic acids is 1. The molecule has 0 radical (unpaired) electrons. The third-order valence-corrected chi connectivity index (χ3v) is 3.37. The standard InChI is InChI=1S/C15H24N2O/c1-11(15(2,3)4)17-14(18)9-12-7-5-6-8-13(12)10-16/h5-8,11H,9-10,16H2,1-4H3,(H,17,18). The smallest absolute Gasteiger partial charge is 0.224 e. The van der Waals surface area contributed by atoms with Crippen molar-refractivity contribution in [3.63, 3.8) is 0 Å². The predicted octanol–water partition coefficient (Wildman–Crippen LogP) is 2.24. The first kappa shape index (κ1) is 14.7. The zero-order valence-corrected chi connectivity index (χ0v) is 11.8.